The molecule has 20 heavy (non-hydrogen) atoms. The molecule has 1 N–H and O–H groups in total. The molecule has 108 valence electrons. The Balaban J connectivity index is 2.02. The molecule has 0 bridgehead atoms. The van der Waals surface area contributed by atoms with Gasteiger partial charge in [-0.05, 0) is 43.7 Å². The van der Waals surface area contributed by atoms with Crippen LogP contribution in [0.1, 0.15) is 18.4 Å². The number of hydrogen-bond donors (Lipinski definition) is 1. The summed E-state index contributed by atoms with van der Waals surface area (Å²) in [5.74, 6) is 0.0371. The maximum Gasteiger partial charge on any atom is 0.179 e. The summed E-state index contributed by atoms with van der Waals surface area (Å²) in [4.78, 5) is 2.28. The second kappa shape index (κ2) is 6.35. The van der Waals surface area contributed by atoms with Gasteiger partial charge in [-0.3, -0.25) is 4.90 Å². The average molecular weight is 294 g/mol. The third-order valence-corrected chi connectivity index (χ3v) is 5.41. The Morgan fingerprint density at radius 1 is 1.35 bits per heavy atom. The van der Waals surface area contributed by atoms with Crippen molar-refractivity contribution < 1.29 is 13.5 Å². The minimum atomic E-state index is -3.34. The highest BCUT2D eigenvalue weighted by atomic mass is 32.2. The molecule has 5 nitrogen and oxygen atoms in total. The lowest BCUT2D eigenvalue weighted by Crippen LogP contribution is -2.35. The molecule has 6 heteroatoms. The van der Waals surface area contributed by atoms with Gasteiger partial charge in [0.25, 0.3) is 0 Å². The first kappa shape index (κ1) is 15.0. The van der Waals surface area contributed by atoms with Gasteiger partial charge in [-0.2, -0.15) is 5.26 Å². The highest BCUT2D eigenvalue weighted by molar-refractivity contribution is 7.91. The molecule has 0 aliphatic carbocycles. The van der Waals surface area contributed by atoms with E-state index in [1.807, 2.05) is 11.0 Å². The lowest BCUT2D eigenvalue weighted by Gasteiger charge is -2.22. The van der Waals surface area contributed by atoms with E-state index >= 15 is 0 Å². The predicted molar refractivity (Wildman–Crippen MR) is 74.9 cm³/mol. The SMILES string of the molecule is N#Cc1ccc(S(=O)(=O)CCN2CCC[C@@H]2CO)cc1. The minimum absolute atomic E-state index is 0.0371. The maximum absolute atomic E-state index is 12.2. The molecule has 0 aromatic heterocycles. The molecule has 1 heterocycles. The van der Waals surface area contributed by atoms with Gasteiger partial charge in [0.05, 0.1) is 28.9 Å². The molecule has 0 radical (unpaired) electrons. The van der Waals surface area contributed by atoms with Crippen molar-refractivity contribution in [2.45, 2.75) is 23.8 Å². The molecule has 1 atom stereocenters. The first-order valence-electron chi connectivity index (χ1n) is 6.64. The molecular weight excluding hydrogens is 276 g/mol. The van der Waals surface area contributed by atoms with Gasteiger partial charge in [0.1, 0.15) is 0 Å². The minimum Gasteiger partial charge on any atom is -0.395 e. The molecule has 1 aromatic carbocycles. The number of likely N-dealkylation sites (tertiary alicyclic amines) is 1. The van der Waals surface area contributed by atoms with E-state index in [0.717, 1.165) is 19.4 Å². The van der Waals surface area contributed by atoms with Crippen LogP contribution in [-0.4, -0.2) is 49.9 Å². The number of benzene rings is 1. The van der Waals surface area contributed by atoms with Crippen LogP contribution in [0.15, 0.2) is 29.2 Å². The molecule has 1 fully saturated rings. The third kappa shape index (κ3) is 3.37. The highest BCUT2D eigenvalue weighted by Gasteiger charge is 2.25. The zero-order valence-electron chi connectivity index (χ0n) is 11.2. The second-order valence-electron chi connectivity index (χ2n) is 4.97. The summed E-state index contributed by atoms with van der Waals surface area (Å²) in [5.41, 5.74) is 0.448. The number of aliphatic hydroxyl groups is 1. The summed E-state index contributed by atoms with van der Waals surface area (Å²) in [7, 11) is -3.34. The Morgan fingerprint density at radius 2 is 2.05 bits per heavy atom. The van der Waals surface area contributed by atoms with Crippen molar-refractivity contribution in [2.24, 2.45) is 0 Å². The molecular formula is C14H18N2O3S. The van der Waals surface area contributed by atoms with Crippen molar-refractivity contribution in [1.29, 1.82) is 5.26 Å². The van der Waals surface area contributed by atoms with E-state index in [1.165, 1.54) is 24.3 Å². The van der Waals surface area contributed by atoms with Crippen molar-refractivity contribution in [3.05, 3.63) is 29.8 Å². The summed E-state index contributed by atoms with van der Waals surface area (Å²) in [6.07, 6.45) is 1.93. The van der Waals surface area contributed by atoms with Crippen LogP contribution < -0.4 is 0 Å². The summed E-state index contributed by atoms with van der Waals surface area (Å²) >= 11 is 0. The zero-order valence-corrected chi connectivity index (χ0v) is 12.0. The van der Waals surface area contributed by atoms with E-state index in [2.05, 4.69) is 0 Å². The van der Waals surface area contributed by atoms with Gasteiger partial charge in [0.2, 0.25) is 0 Å². The van der Waals surface area contributed by atoms with Gasteiger partial charge in [-0.1, -0.05) is 0 Å². The van der Waals surface area contributed by atoms with Gasteiger partial charge >= 0.3 is 0 Å². The fourth-order valence-corrected chi connectivity index (χ4v) is 3.75. The molecule has 0 spiro atoms. The third-order valence-electron chi connectivity index (χ3n) is 3.70. The van der Waals surface area contributed by atoms with Crippen molar-refractivity contribution in [2.75, 3.05) is 25.4 Å². The van der Waals surface area contributed by atoms with E-state index in [-0.39, 0.29) is 23.3 Å². The maximum atomic E-state index is 12.2. The van der Waals surface area contributed by atoms with Gasteiger partial charge in [0.15, 0.2) is 9.84 Å². The summed E-state index contributed by atoms with van der Waals surface area (Å²) in [5, 5.41) is 17.9. The lowest BCUT2D eigenvalue weighted by atomic mass is 10.2. The number of aliphatic hydroxyl groups excluding tert-OH is 1. The number of hydrogen-bond acceptors (Lipinski definition) is 5. The van der Waals surface area contributed by atoms with E-state index in [9.17, 15) is 13.5 Å². The van der Waals surface area contributed by atoms with Crippen LogP contribution in [0.25, 0.3) is 0 Å². The van der Waals surface area contributed by atoms with Crippen molar-refractivity contribution >= 4 is 9.84 Å². The average Bonchev–Trinajstić information content (AvgIpc) is 2.93. The molecule has 2 rings (SSSR count). The van der Waals surface area contributed by atoms with Crippen LogP contribution >= 0.6 is 0 Å². The van der Waals surface area contributed by atoms with Crippen LogP contribution in [0.4, 0.5) is 0 Å². The Hall–Kier alpha value is -1.42. The first-order valence-corrected chi connectivity index (χ1v) is 8.30. The zero-order chi connectivity index (χ0) is 14.6. The van der Waals surface area contributed by atoms with Gasteiger partial charge in [0, 0.05) is 12.6 Å². The van der Waals surface area contributed by atoms with Crippen LogP contribution in [0, 0.1) is 11.3 Å². The summed E-state index contributed by atoms with van der Waals surface area (Å²) in [6.45, 7) is 1.36. The quantitative estimate of drug-likeness (QED) is 0.868. The molecule has 0 saturated carbocycles. The number of nitrogens with zero attached hydrogens (tertiary/aromatic N) is 2. The Bertz CT molecular complexity index is 590. The highest BCUT2D eigenvalue weighted by Crippen LogP contribution is 2.18. The number of rotatable bonds is 5. The number of sulfone groups is 1. The van der Waals surface area contributed by atoms with Crippen LogP contribution in [0.2, 0.25) is 0 Å². The molecule has 0 amide bonds. The van der Waals surface area contributed by atoms with Gasteiger partial charge < -0.3 is 5.11 Å². The second-order valence-corrected chi connectivity index (χ2v) is 7.08. The largest absolute Gasteiger partial charge is 0.395 e. The number of nitriles is 1. The van der Waals surface area contributed by atoms with Crippen LogP contribution in [-0.2, 0) is 9.84 Å². The van der Waals surface area contributed by atoms with Crippen molar-refractivity contribution in [3.8, 4) is 6.07 Å². The van der Waals surface area contributed by atoms with Gasteiger partial charge in [-0.25, -0.2) is 8.42 Å². The molecule has 1 aromatic rings. The van der Waals surface area contributed by atoms with Crippen LogP contribution in [0.5, 0.6) is 0 Å². The first-order chi connectivity index (χ1) is 9.56. The standard InChI is InChI=1S/C14H18N2O3S/c15-10-12-3-5-14(6-4-12)20(18,19)9-8-16-7-1-2-13(16)11-17/h3-6,13,17H,1-2,7-9,11H2/t13-/m1/s1. The monoisotopic (exact) mass is 294 g/mol. The molecule has 1 aliphatic rings. The molecule has 1 saturated heterocycles. The van der Waals surface area contributed by atoms with Crippen LogP contribution in [0.3, 0.4) is 0 Å². The summed E-state index contributed by atoms with van der Waals surface area (Å²) in [6, 6.07) is 8.03. The Labute approximate surface area is 119 Å². The topological polar surface area (TPSA) is 81.4 Å². The summed E-state index contributed by atoms with van der Waals surface area (Å²) < 4.78 is 24.4. The predicted octanol–water partition coefficient (Wildman–Crippen LogP) is 0.789. The van der Waals surface area contributed by atoms with E-state index in [1.54, 1.807) is 0 Å². The van der Waals surface area contributed by atoms with E-state index in [4.69, 9.17) is 5.26 Å². The smallest absolute Gasteiger partial charge is 0.179 e. The lowest BCUT2D eigenvalue weighted by molar-refractivity contribution is 0.165. The Kier molecular flexibility index (Phi) is 4.76. The normalized spacial score (nSPS) is 19.9. The van der Waals surface area contributed by atoms with Crippen molar-refractivity contribution in [3.63, 3.8) is 0 Å². The van der Waals surface area contributed by atoms with Crippen molar-refractivity contribution in [1.82, 2.24) is 4.90 Å². The van der Waals surface area contributed by atoms with Gasteiger partial charge in [-0.15, -0.1) is 0 Å². The molecule has 1 aliphatic heterocycles. The van der Waals surface area contributed by atoms with E-state index < -0.39 is 9.84 Å². The van der Waals surface area contributed by atoms with E-state index in [0.29, 0.717) is 12.1 Å². The molecule has 0 unspecified atom stereocenters. The fourth-order valence-electron chi connectivity index (χ4n) is 2.49. The fraction of sp³-hybridized carbons (Fsp3) is 0.500. The Morgan fingerprint density at radius 3 is 2.65 bits per heavy atom.